The number of urea groups is 1. The Balaban J connectivity index is 1.69. The summed E-state index contributed by atoms with van der Waals surface area (Å²) in [6, 6.07) is 11.3. The van der Waals surface area contributed by atoms with Crippen molar-refractivity contribution in [2.24, 2.45) is 0 Å². The highest BCUT2D eigenvalue weighted by molar-refractivity contribution is 6.10. The maximum absolute atomic E-state index is 12.9. The standard InChI is InChI=1S/C20H20N4O6/c1-3-30-16-10-6-14(7-11-16)21-17(25)12-23-18(26)20(2,22-19(23)27)13-4-8-15(9-5-13)24(28)29/h4-11H,3,12H2,1-2H3,(H,21,25)(H,22,27)/t20-/m1/s1. The van der Waals surface area contributed by atoms with E-state index in [0.717, 1.165) is 4.90 Å². The second kappa shape index (κ2) is 8.19. The Morgan fingerprint density at radius 3 is 2.37 bits per heavy atom. The Kier molecular flexibility index (Phi) is 5.67. The lowest BCUT2D eigenvalue weighted by Gasteiger charge is -2.22. The first kappa shape index (κ1) is 20.8. The average Bonchev–Trinajstić information content (AvgIpc) is 2.93. The second-order valence-electron chi connectivity index (χ2n) is 6.76. The molecule has 0 radical (unpaired) electrons. The number of benzene rings is 2. The van der Waals surface area contributed by atoms with E-state index in [2.05, 4.69) is 10.6 Å². The first-order valence-electron chi connectivity index (χ1n) is 9.16. The van der Waals surface area contributed by atoms with Gasteiger partial charge in [-0.05, 0) is 55.8 Å². The second-order valence-corrected chi connectivity index (χ2v) is 6.76. The molecule has 0 unspecified atom stereocenters. The van der Waals surface area contributed by atoms with Crippen molar-refractivity contribution >= 4 is 29.2 Å². The number of anilines is 1. The molecule has 0 aromatic heterocycles. The maximum atomic E-state index is 12.9. The van der Waals surface area contributed by atoms with Crippen molar-refractivity contribution in [3.8, 4) is 5.75 Å². The van der Waals surface area contributed by atoms with Crippen LogP contribution in [-0.4, -0.2) is 40.8 Å². The van der Waals surface area contributed by atoms with Crippen molar-refractivity contribution in [1.29, 1.82) is 0 Å². The molecule has 30 heavy (non-hydrogen) atoms. The molecule has 0 spiro atoms. The van der Waals surface area contributed by atoms with Crippen LogP contribution in [-0.2, 0) is 15.1 Å². The topological polar surface area (TPSA) is 131 Å². The molecule has 2 aromatic carbocycles. The molecule has 10 heteroatoms. The van der Waals surface area contributed by atoms with Gasteiger partial charge >= 0.3 is 6.03 Å². The number of hydrogen-bond donors (Lipinski definition) is 2. The number of nitrogens with one attached hydrogen (secondary N) is 2. The fourth-order valence-electron chi connectivity index (χ4n) is 3.10. The number of nitrogens with zero attached hydrogens (tertiary/aromatic N) is 2. The minimum atomic E-state index is -1.42. The average molecular weight is 412 g/mol. The molecule has 1 saturated heterocycles. The number of nitro benzene ring substituents is 1. The van der Waals surface area contributed by atoms with Gasteiger partial charge in [-0.25, -0.2) is 4.79 Å². The lowest BCUT2D eigenvalue weighted by Crippen LogP contribution is -2.42. The van der Waals surface area contributed by atoms with Gasteiger partial charge in [0.15, 0.2) is 0 Å². The van der Waals surface area contributed by atoms with Gasteiger partial charge in [0.1, 0.15) is 17.8 Å². The fraction of sp³-hybridized carbons (Fsp3) is 0.250. The molecular weight excluding hydrogens is 392 g/mol. The molecule has 0 aliphatic carbocycles. The molecule has 156 valence electrons. The third kappa shape index (κ3) is 4.07. The number of rotatable bonds is 7. The van der Waals surface area contributed by atoms with Gasteiger partial charge in [0.2, 0.25) is 5.91 Å². The van der Waals surface area contributed by atoms with Crippen LogP contribution in [0, 0.1) is 10.1 Å². The van der Waals surface area contributed by atoms with Crippen molar-refractivity contribution in [3.63, 3.8) is 0 Å². The van der Waals surface area contributed by atoms with Crippen molar-refractivity contribution < 1.29 is 24.0 Å². The zero-order chi connectivity index (χ0) is 21.9. The predicted molar refractivity (Wildman–Crippen MR) is 107 cm³/mol. The minimum absolute atomic E-state index is 0.134. The summed E-state index contributed by atoms with van der Waals surface area (Å²) in [5.74, 6) is -0.512. The van der Waals surface area contributed by atoms with Crippen molar-refractivity contribution in [3.05, 3.63) is 64.2 Å². The Morgan fingerprint density at radius 2 is 1.80 bits per heavy atom. The van der Waals surface area contributed by atoms with E-state index >= 15 is 0 Å². The van der Waals surface area contributed by atoms with Crippen molar-refractivity contribution in [2.45, 2.75) is 19.4 Å². The summed E-state index contributed by atoms with van der Waals surface area (Å²) in [7, 11) is 0. The monoisotopic (exact) mass is 412 g/mol. The number of carbonyl (C=O) groups is 3. The Morgan fingerprint density at radius 1 is 1.17 bits per heavy atom. The van der Waals surface area contributed by atoms with Gasteiger partial charge < -0.3 is 15.4 Å². The zero-order valence-corrected chi connectivity index (χ0v) is 16.4. The normalized spacial score (nSPS) is 18.1. The lowest BCUT2D eigenvalue weighted by molar-refractivity contribution is -0.384. The molecular formula is C20H20N4O6. The van der Waals surface area contributed by atoms with E-state index in [-0.39, 0.29) is 5.69 Å². The third-order valence-corrected chi connectivity index (χ3v) is 4.68. The van der Waals surface area contributed by atoms with E-state index in [9.17, 15) is 24.5 Å². The van der Waals surface area contributed by atoms with Crippen LogP contribution in [0.25, 0.3) is 0 Å². The molecule has 1 fully saturated rings. The van der Waals surface area contributed by atoms with E-state index in [1.165, 1.54) is 31.2 Å². The van der Waals surface area contributed by atoms with Gasteiger partial charge in [-0.3, -0.25) is 24.6 Å². The number of non-ortho nitro benzene ring substituents is 1. The van der Waals surface area contributed by atoms with Crippen LogP contribution in [0.3, 0.4) is 0 Å². The number of amides is 4. The zero-order valence-electron chi connectivity index (χ0n) is 16.4. The molecule has 3 rings (SSSR count). The molecule has 1 aliphatic heterocycles. The van der Waals surface area contributed by atoms with E-state index in [0.29, 0.717) is 23.6 Å². The van der Waals surface area contributed by atoms with Gasteiger partial charge in [-0.2, -0.15) is 0 Å². The fourth-order valence-corrected chi connectivity index (χ4v) is 3.10. The van der Waals surface area contributed by atoms with E-state index in [1.807, 2.05) is 6.92 Å². The molecule has 1 aliphatic rings. The van der Waals surface area contributed by atoms with E-state index < -0.39 is 34.9 Å². The van der Waals surface area contributed by atoms with Crippen molar-refractivity contribution in [2.75, 3.05) is 18.5 Å². The molecule has 1 atom stereocenters. The summed E-state index contributed by atoms with van der Waals surface area (Å²) in [4.78, 5) is 48.6. The Bertz CT molecular complexity index is 989. The summed E-state index contributed by atoms with van der Waals surface area (Å²) in [5.41, 5.74) is -0.689. The molecule has 2 N–H and O–H groups in total. The summed E-state index contributed by atoms with van der Waals surface area (Å²) in [6.07, 6.45) is 0. The molecule has 0 saturated carbocycles. The van der Waals surface area contributed by atoms with Crippen LogP contribution < -0.4 is 15.4 Å². The molecule has 2 aromatic rings. The Labute approximate surface area is 172 Å². The van der Waals surface area contributed by atoms with Gasteiger partial charge in [-0.15, -0.1) is 0 Å². The largest absolute Gasteiger partial charge is 0.494 e. The van der Waals surface area contributed by atoms with Crippen LogP contribution >= 0.6 is 0 Å². The number of ether oxygens (including phenoxy) is 1. The summed E-state index contributed by atoms with van der Waals surface area (Å²) >= 11 is 0. The first-order valence-corrected chi connectivity index (χ1v) is 9.16. The van der Waals surface area contributed by atoms with Crippen LogP contribution in [0.4, 0.5) is 16.2 Å². The smallest absolute Gasteiger partial charge is 0.325 e. The lowest BCUT2D eigenvalue weighted by atomic mass is 9.92. The molecule has 1 heterocycles. The SMILES string of the molecule is CCOc1ccc(NC(=O)CN2C(=O)N[C@](C)(c3ccc([N+](=O)[O-])cc3)C2=O)cc1. The number of imide groups is 1. The van der Waals surface area contributed by atoms with Gasteiger partial charge in [-0.1, -0.05) is 0 Å². The predicted octanol–water partition coefficient (Wildman–Crippen LogP) is 2.40. The summed E-state index contributed by atoms with van der Waals surface area (Å²) in [5, 5.41) is 16.0. The van der Waals surface area contributed by atoms with E-state index in [1.54, 1.807) is 24.3 Å². The van der Waals surface area contributed by atoms with Gasteiger partial charge in [0.05, 0.1) is 11.5 Å². The third-order valence-electron chi connectivity index (χ3n) is 4.68. The van der Waals surface area contributed by atoms with Gasteiger partial charge in [0.25, 0.3) is 11.6 Å². The number of nitro groups is 1. The Hall–Kier alpha value is -3.95. The molecule has 10 nitrogen and oxygen atoms in total. The number of hydrogen-bond acceptors (Lipinski definition) is 6. The highest BCUT2D eigenvalue weighted by Gasteiger charge is 2.49. The van der Waals surface area contributed by atoms with E-state index in [4.69, 9.17) is 4.74 Å². The van der Waals surface area contributed by atoms with Crippen LogP contribution in [0.5, 0.6) is 5.75 Å². The highest BCUT2D eigenvalue weighted by atomic mass is 16.6. The van der Waals surface area contributed by atoms with Crippen LogP contribution in [0.2, 0.25) is 0 Å². The highest BCUT2D eigenvalue weighted by Crippen LogP contribution is 2.30. The first-order chi connectivity index (χ1) is 14.2. The summed E-state index contributed by atoms with van der Waals surface area (Å²) in [6.45, 7) is 3.39. The molecule has 4 amide bonds. The van der Waals surface area contributed by atoms with Crippen LogP contribution in [0.1, 0.15) is 19.4 Å². The van der Waals surface area contributed by atoms with Crippen LogP contribution in [0.15, 0.2) is 48.5 Å². The number of carbonyl (C=O) groups excluding carboxylic acids is 3. The van der Waals surface area contributed by atoms with Crippen molar-refractivity contribution in [1.82, 2.24) is 10.2 Å². The maximum Gasteiger partial charge on any atom is 0.325 e. The quantitative estimate of drug-likeness (QED) is 0.408. The molecule has 0 bridgehead atoms. The van der Waals surface area contributed by atoms with Gasteiger partial charge in [0, 0.05) is 17.8 Å². The summed E-state index contributed by atoms with van der Waals surface area (Å²) < 4.78 is 5.33. The minimum Gasteiger partial charge on any atom is -0.494 e.